The van der Waals surface area contributed by atoms with Crippen LogP contribution >= 0.6 is 0 Å². The number of hydrogen-bond donors (Lipinski definition) is 3. The van der Waals surface area contributed by atoms with Crippen LogP contribution in [0.4, 0.5) is 0 Å². The fourth-order valence-corrected chi connectivity index (χ4v) is 4.91. The van der Waals surface area contributed by atoms with E-state index in [0.29, 0.717) is 12.5 Å². The van der Waals surface area contributed by atoms with Crippen LogP contribution in [0.5, 0.6) is 5.75 Å². The van der Waals surface area contributed by atoms with E-state index in [0.717, 1.165) is 32.1 Å². The molecule has 0 saturated heterocycles. The lowest BCUT2D eigenvalue weighted by molar-refractivity contribution is 0.0933. The molecular weight excluding hydrogens is 366 g/mol. The third-order valence-electron chi connectivity index (χ3n) is 4.77. The zero-order valence-electron chi connectivity index (χ0n) is 16.3. The Labute approximate surface area is 162 Å². The molecule has 0 radical (unpaired) electrons. The van der Waals surface area contributed by atoms with Gasteiger partial charge >= 0.3 is 0 Å². The molecule has 1 aromatic carbocycles. The van der Waals surface area contributed by atoms with Crippen molar-refractivity contribution in [3.8, 4) is 5.75 Å². The zero-order valence-corrected chi connectivity index (χ0v) is 17.1. The van der Waals surface area contributed by atoms with E-state index in [1.54, 1.807) is 6.07 Å². The maximum Gasteiger partial charge on any atom is 0.251 e. The number of carbonyl (C=O) groups is 1. The van der Waals surface area contributed by atoms with Crippen LogP contribution in [0.1, 0.15) is 56.3 Å². The average Bonchev–Trinajstić information content (AvgIpc) is 3.12. The number of sulfonamides is 1. The molecule has 1 aromatic rings. The largest absolute Gasteiger partial charge is 0.495 e. The van der Waals surface area contributed by atoms with Crippen molar-refractivity contribution in [1.29, 1.82) is 0 Å². The van der Waals surface area contributed by atoms with Gasteiger partial charge in [-0.1, -0.05) is 26.7 Å². The van der Waals surface area contributed by atoms with Gasteiger partial charge in [0, 0.05) is 24.2 Å². The normalized spacial score (nSPS) is 16.5. The minimum atomic E-state index is -3.78. The highest BCUT2D eigenvalue weighted by molar-refractivity contribution is 7.89. The average molecular weight is 398 g/mol. The number of rotatable bonds is 9. The molecule has 4 N–H and O–H groups in total. The van der Waals surface area contributed by atoms with E-state index in [4.69, 9.17) is 10.5 Å². The Hall–Kier alpha value is -1.64. The molecule has 8 heteroatoms. The molecule has 152 valence electrons. The van der Waals surface area contributed by atoms with E-state index >= 15 is 0 Å². The maximum atomic E-state index is 12.8. The molecule has 1 atom stereocenters. The van der Waals surface area contributed by atoms with Crippen LogP contribution in [0.3, 0.4) is 0 Å². The van der Waals surface area contributed by atoms with Crippen LogP contribution in [0, 0.1) is 5.92 Å². The van der Waals surface area contributed by atoms with Crippen molar-refractivity contribution in [2.45, 2.75) is 62.9 Å². The number of nitrogens with one attached hydrogen (secondary N) is 2. The molecule has 7 nitrogen and oxygen atoms in total. The number of nitrogens with two attached hydrogens (primary N) is 1. The molecule has 2 rings (SSSR count). The SMILES string of the molecule is COc1ccc(C(=O)NC(CN)CC(C)C)cc1S(=O)(=O)NC1CCCC1. The van der Waals surface area contributed by atoms with Crippen molar-refractivity contribution in [2.24, 2.45) is 11.7 Å². The Balaban J connectivity index is 2.24. The van der Waals surface area contributed by atoms with Crippen molar-refractivity contribution in [3.05, 3.63) is 23.8 Å². The van der Waals surface area contributed by atoms with E-state index in [1.165, 1.54) is 19.2 Å². The van der Waals surface area contributed by atoms with Crippen molar-refractivity contribution in [1.82, 2.24) is 10.0 Å². The monoisotopic (exact) mass is 397 g/mol. The Morgan fingerprint density at radius 1 is 1.30 bits per heavy atom. The predicted molar refractivity (Wildman–Crippen MR) is 105 cm³/mol. The van der Waals surface area contributed by atoms with Crippen LogP contribution in [-0.4, -0.2) is 40.1 Å². The second-order valence-electron chi connectivity index (χ2n) is 7.50. The topological polar surface area (TPSA) is 111 Å². The highest BCUT2D eigenvalue weighted by Crippen LogP contribution is 2.27. The quantitative estimate of drug-likeness (QED) is 0.590. The van der Waals surface area contributed by atoms with Gasteiger partial charge < -0.3 is 15.8 Å². The summed E-state index contributed by atoms with van der Waals surface area (Å²) in [6.45, 7) is 4.44. The molecule has 1 unspecified atom stereocenters. The number of amides is 1. The number of methoxy groups -OCH3 is 1. The molecule has 0 bridgehead atoms. The molecule has 1 saturated carbocycles. The summed E-state index contributed by atoms with van der Waals surface area (Å²) in [7, 11) is -2.36. The summed E-state index contributed by atoms with van der Waals surface area (Å²) in [5.41, 5.74) is 6.01. The fourth-order valence-electron chi connectivity index (χ4n) is 3.41. The summed E-state index contributed by atoms with van der Waals surface area (Å²) >= 11 is 0. The lowest BCUT2D eigenvalue weighted by atomic mass is 10.0. The molecule has 1 amide bonds. The van der Waals surface area contributed by atoms with Crippen molar-refractivity contribution in [2.75, 3.05) is 13.7 Å². The third kappa shape index (κ3) is 5.92. The first-order valence-electron chi connectivity index (χ1n) is 9.48. The first kappa shape index (κ1) is 21.7. The molecule has 0 spiro atoms. The lowest BCUT2D eigenvalue weighted by Gasteiger charge is -2.19. The number of carbonyl (C=O) groups excluding carboxylic acids is 1. The Bertz CT molecular complexity index is 743. The summed E-state index contributed by atoms with van der Waals surface area (Å²) in [6.07, 6.45) is 4.45. The van der Waals surface area contributed by atoms with E-state index in [-0.39, 0.29) is 34.2 Å². The van der Waals surface area contributed by atoms with Gasteiger partial charge in [-0.3, -0.25) is 4.79 Å². The van der Waals surface area contributed by atoms with Gasteiger partial charge in [0.2, 0.25) is 10.0 Å². The third-order valence-corrected chi connectivity index (χ3v) is 6.31. The van der Waals surface area contributed by atoms with E-state index in [1.807, 2.05) is 0 Å². The Morgan fingerprint density at radius 2 is 1.96 bits per heavy atom. The van der Waals surface area contributed by atoms with Crippen LogP contribution in [0.25, 0.3) is 0 Å². The molecule has 27 heavy (non-hydrogen) atoms. The van der Waals surface area contributed by atoms with Gasteiger partial charge in [-0.05, 0) is 43.4 Å². The second kappa shape index (κ2) is 9.52. The van der Waals surface area contributed by atoms with Crippen LogP contribution in [0.15, 0.2) is 23.1 Å². The van der Waals surface area contributed by atoms with Crippen LogP contribution in [0.2, 0.25) is 0 Å². The summed E-state index contributed by atoms with van der Waals surface area (Å²) in [6, 6.07) is 4.22. The molecule has 0 heterocycles. The van der Waals surface area contributed by atoms with Gasteiger partial charge in [-0.15, -0.1) is 0 Å². The van der Waals surface area contributed by atoms with Crippen LogP contribution < -0.4 is 20.5 Å². The Morgan fingerprint density at radius 3 is 2.52 bits per heavy atom. The van der Waals surface area contributed by atoms with Crippen molar-refractivity contribution in [3.63, 3.8) is 0 Å². The van der Waals surface area contributed by atoms with Gasteiger partial charge in [-0.2, -0.15) is 0 Å². The van der Waals surface area contributed by atoms with Gasteiger partial charge in [-0.25, -0.2) is 13.1 Å². The van der Waals surface area contributed by atoms with E-state index in [9.17, 15) is 13.2 Å². The first-order chi connectivity index (χ1) is 12.8. The Kier molecular flexibility index (Phi) is 7.64. The minimum Gasteiger partial charge on any atom is -0.495 e. The van der Waals surface area contributed by atoms with Crippen molar-refractivity contribution < 1.29 is 17.9 Å². The van der Waals surface area contributed by atoms with Gasteiger partial charge in [0.25, 0.3) is 5.91 Å². The standard InChI is InChI=1S/C19H31N3O4S/c1-13(2)10-16(12-20)21-19(23)14-8-9-17(26-3)18(11-14)27(24,25)22-15-6-4-5-7-15/h8-9,11,13,15-16,22H,4-7,10,12,20H2,1-3H3,(H,21,23). The summed E-state index contributed by atoms with van der Waals surface area (Å²) in [4.78, 5) is 12.6. The molecule has 1 aliphatic rings. The summed E-state index contributed by atoms with van der Waals surface area (Å²) in [5, 5.41) is 2.88. The number of benzene rings is 1. The number of ether oxygens (including phenoxy) is 1. The van der Waals surface area contributed by atoms with Gasteiger partial charge in [0.15, 0.2) is 0 Å². The first-order valence-corrected chi connectivity index (χ1v) is 11.0. The second-order valence-corrected chi connectivity index (χ2v) is 9.19. The summed E-state index contributed by atoms with van der Waals surface area (Å²) in [5.74, 6) is 0.266. The van der Waals surface area contributed by atoms with Gasteiger partial charge in [0.05, 0.1) is 7.11 Å². The minimum absolute atomic E-state index is 0.0160. The lowest BCUT2D eigenvalue weighted by Crippen LogP contribution is -2.41. The predicted octanol–water partition coefficient (Wildman–Crippen LogP) is 2.02. The molecule has 1 fully saturated rings. The van der Waals surface area contributed by atoms with Gasteiger partial charge in [0.1, 0.15) is 10.6 Å². The van der Waals surface area contributed by atoms with E-state index < -0.39 is 10.0 Å². The molecular formula is C19H31N3O4S. The highest BCUT2D eigenvalue weighted by Gasteiger charge is 2.27. The smallest absolute Gasteiger partial charge is 0.251 e. The fraction of sp³-hybridized carbons (Fsp3) is 0.632. The summed E-state index contributed by atoms with van der Waals surface area (Å²) < 4.78 is 33.6. The molecule has 1 aliphatic carbocycles. The number of hydrogen-bond acceptors (Lipinski definition) is 5. The zero-order chi connectivity index (χ0) is 20.0. The van der Waals surface area contributed by atoms with E-state index in [2.05, 4.69) is 23.9 Å². The maximum absolute atomic E-state index is 12.8. The highest BCUT2D eigenvalue weighted by atomic mass is 32.2. The molecule has 0 aliphatic heterocycles. The van der Waals surface area contributed by atoms with Crippen molar-refractivity contribution >= 4 is 15.9 Å². The molecule has 0 aromatic heterocycles. The van der Waals surface area contributed by atoms with Crippen LogP contribution in [-0.2, 0) is 10.0 Å².